The zero-order valence-corrected chi connectivity index (χ0v) is 15.7. The maximum absolute atomic E-state index is 12.0. The number of rotatable bonds is 6. The molecule has 0 aliphatic carbocycles. The molecular formula is C17H16Cl2N2O3S. The molecule has 3 N–H and O–H groups in total. The van der Waals surface area contributed by atoms with Crippen molar-refractivity contribution in [3.05, 3.63) is 57.6 Å². The molecule has 0 spiro atoms. The second-order valence-electron chi connectivity index (χ2n) is 4.90. The number of carbonyl (C=O) groups is 1. The maximum atomic E-state index is 12.0. The summed E-state index contributed by atoms with van der Waals surface area (Å²) in [5.41, 5.74) is 6.33. The van der Waals surface area contributed by atoms with Crippen LogP contribution in [0.1, 0.15) is 22.8 Å². The summed E-state index contributed by atoms with van der Waals surface area (Å²) in [6.07, 6.45) is 0. The molecule has 0 aromatic heterocycles. The molecule has 0 aliphatic heterocycles. The number of amides is 1. The van der Waals surface area contributed by atoms with Gasteiger partial charge >= 0.3 is 0 Å². The van der Waals surface area contributed by atoms with Gasteiger partial charge in [0.1, 0.15) is 6.61 Å². The molecule has 0 aliphatic rings. The zero-order valence-electron chi connectivity index (χ0n) is 13.3. The fraction of sp³-hybridized carbons (Fsp3) is 0.176. The van der Waals surface area contributed by atoms with Crippen LogP contribution in [0.3, 0.4) is 0 Å². The average molecular weight is 399 g/mol. The van der Waals surface area contributed by atoms with Crippen LogP contribution in [-0.4, -0.2) is 17.6 Å². The number of nitrogens with one attached hydrogen (secondary N) is 1. The van der Waals surface area contributed by atoms with Gasteiger partial charge in [-0.15, -0.1) is 0 Å². The van der Waals surface area contributed by atoms with Gasteiger partial charge in [-0.2, -0.15) is 0 Å². The van der Waals surface area contributed by atoms with Crippen LogP contribution in [0.5, 0.6) is 11.5 Å². The second kappa shape index (κ2) is 8.89. The molecule has 5 nitrogen and oxygen atoms in total. The summed E-state index contributed by atoms with van der Waals surface area (Å²) in [6.45, 7) is 2.40. The van der Waals surface area contributed by atoms with Gasteiger partial charge in [-0.25, -0.2) is 0 Å². The lowest BCUT2D eigenvalue weighted by Crippen LogP contribution is -2.34. The van der Waals surface area contributed by atoms with E-state index in [2.05, 4.69) is 17.5 Å². The fourth-order valence-electron chi connectivity index (χ4n) is 2.04. The van der Waals surface area contributed by atoms with Crippen LogP contribution in [0.4, 0.5) is 0 Å². The molecule has 0 radical (unpaired) electrons. The quantitative estimate of drug-likeness (QED) is 0.720. The number of carbonyl (C=O) groups excluding carboxylic acids is 1. The van der Waals surface area contributed by atoms with Crippen LogP contribution in [0.2, 0.25) is 10.0 Å². The lowest BCUT2D eigenvalue weighted by atomic mass is 10.2. The number of hydrogen-bond acceptors (Lipinski definition) is 4. The fourth-order valence-corrected chi connectivity index (χ4v) is 2.64. The highest BCUT2D eigenvalue weighted by molar-refractivity contribution is 7.80. The first-order chi connectivity index (χ1) is 11.9. The Morgan fingerprint density at radius 1 is 1.16 bits per heavy atom. The first-order valence-electron chi connectivity index (χ1n) is 7.35. The molecule has 0 fully saturated rings. The Morgan fingerprint density at radius 3 is 2.44 bits per heavy atom. The van der Waals surface area contributed by atoms with Crippen LogP contribution in [-0.2, 0) is 6.61 Å². The van der Waals surface area contributed by atoms with Crippen molar-refractivity contribution in [2.24, 2.45) is 5.73 Å². The minimum absolute atomic E-state index is 0.100. The summed E-state index contributed by atoms with van der Waals surface area (Å²) >= 11 is 16.9. The minimum Gasteiger partial charge on any atom is -0.490 e. The van der Waals surface area contributed by atoms with Gasteiger partial charge in [0, 0.05) is 21.2 Å². The van der Waals surface area contributed by atoms with Gasteiger partial charge in [0.05, 0.1) is 6.61 Å². The number of hydrogen-bond donors (Lipinski definition) is 2. The van der Waals surface area contributed by atoms with E-state index in [9.17, 15) is 4.79 Å². The molecule has 0 unspecified atom stereocenters. The minimum atomic E-state index is -0.422. The molecule has 0 heterocycles. The van der Waals surface area contributed by atoms with Crippen molar-refractivity contribution in [2.45, 2.75) is 13.5 Å². The van der Waals surface area contributed by atoms with Crippen LogP contribution < -0.4 is 20.5 Å². The van der Waals surface area contributed by atoms with Crippen molar-refractivity contribution < 1.29 is 14.3 Å². The molecule has 2 aromatic rings. The molecule has 0 bridgehead atoms. The van der Waals surface area contributed by atoms with E-state index in [4.69, 9.17) is 38.4 Å². The van der Waals surface area contributed by atoms with E-state index in [1.807, 2.05) is 6.92 Å². The van der Waals surface area contributed by atoms with E-state index in [-0.39, 0.29) is 11.7 Å². The van der Waals surface area contributed by atoms with Crippen molar-refractivity contribution in [1.29, 1.82) is 0 Å². The zero-order chi connectivity index (χ0) is 18.4. The summed E-state index contributed by atoms with van der Waals surface area (Å²) in [6, 6.07) is 10.00. The molecule has 0 saturated carbocycles. The van der Waals surface area contributed by atoms with Gasteiger partial charge in [-0.1, -0.05) is 29.3 Å². The van der Waals surface area contributed by atoms with E-state index < -0.39 is 5.91 Å². The van der Waals surface area contributed by atoms with Gasteiger partial charge in [0.15, 0.2) is 16.6 Å². The van der Waals surface area contributed by atoms with E-state index in [1.54, 1.807) is 36.4 Å². The summed E-state index contributed by atoms with van der Waals surface area (Å²) in [7, 11) is 0. The van der Waals surface area contributed by atoms with Crippen molar-refractivity contribution in [2.75, 3.05) is 6.61 Å². The van der Waals surface area contributed by atoms with Crippen LogP contribution >= 0.6 is 35.4 Å². The highest BCUT2D eigenvalue weighted by atomic mass is 35.5. The number of ether oxygens (including phenoxy) is 2. The Balaban J connectivity index is 2.22. The van der Waals surface area contributed by atoms with Crippen molar-refractivity contribution in [1.82, 2.24) is 5.32 Å². The highest BCUT2D eigenvalue weighted by Crippen LogP contribution is 2.31. The Bertz CT molecular complexity index is 779. The summed E-state index contributed by atoms with van der Waals surface area (Å²) < 4.78 is 11.3. The predicted octanol–water partition coefficient (Wildman–Crippen LogP) is 3.94. The lowest BCUT2D eigenvalue weighted by Gasteiger charge is -2.14. The third-order valence-electron chi connectivity index (χ3n) is 3.18. The van der Waals surface area contributed by atoms with E-state index in [0.717, 1.165) is 0 Å². The van der Waals surface area contributed by atoms with Crippen LogP contribution in [0.25, 0.3) is 0 Å². The van der Waals surface area contributed by atoms with Gasteiger partial charge in [-0.05, 0) is 49.5 Å². The van der Waals surface area contributed by atoms with Gasteiger partial charge < -0.3 is 15.2 Å². The molecule has 8 heteroatoms. The third kappa shape index (κ3) is 5.22. The third-order valence-corrected chi connectivity index (χ3v) is 3.99. The van der Waals surface area contributed by atoms with Crippen LogP contribution in [0.15, 0.2) is 36.4 Å². The molecule has 25 heavy (non-hydrogen) atoms. The number of nitrogens with two attached hydrogens (primary N) is 1. The topological polar surface area (TPSA) is 73.6 Å². The number of benzene rings is 2. The van der Waals surface area contributed by atoms with Crippen molar-refractivity contribution in [3.63, 3.8) is 0 Å². The molecule has 0 atom stereocenters. The largest absolute Gasteiger partial charge is 0.490 e. The average Bonchev–Trinajstić information content (AvgIpc) is 2.55. The first-order valence-corrected chi connectivity index (χ1v) is 8.52. The van der Waals surface area contributed by atoms with E-state index in [1.165, 1.54) is 0 Å². The predicted molar refractivity (Wildman–Crippen MR) is 103 cm³/mol. The Hall–Kier alpha value is -2.02. The Morgan fingerprint density at radius 2 is 1.84 bits per heavy atom. The smallest absolute Gasteiger partial charge is 0.257 e. The van der Waals surface area contributed by atoms with Crippen molar-refractivity contribution >= 4 is 46.4 Å². The molecule has 2 aromatic carbocycles. The normalized spacial score (nSPS) is 10.2. The van der Waals surface area contributed by atoms with E-state index >= 15 is 0 Å². The van der Waals surface area contributed by atoms with Crippen LogP contribution in [0, 0.1) is 0 Å². The SMILES string of the molecule is CCOc1cc(C(=O)NC(N)=S)ccc1OCc1c(Cl)cccc1Cl. The Labute approximate surface area is 161 Å². The summed E-state index contributed by atoms with van der Waals surface area (Å²) in [4.78, 5) is 12.0. The number of thiocarbonyl (C=S) groups is 1. The van der Waals surface area contributed by atoms with Gasteiger partial charge in [0.25, 0.3) is 5.91 Å². The van der Waals surface area contributed by atoms with Crippen molar-refractivity contribution in [3.8, 4) is 11.5 Å². The monoisotopic (exact) mass is 398 g/mol. The standard InChI is InChI=1S/C17H16Cl2N2O3S/c1-2-23-15-8-10(16(22)21-17(20)25)6-7-14(15)24-9-11-12(18)4-3-5-13(11)19/h3-8H,2,9H2,1H3,(H3,20,21,22,25). The number of halogens is 2. The lowest BCUT2D eigenvalue weighted by molar-refractivity contribution is 0.0977. The molecular weight excluding hydrogens is 383 g/mol. The second-order valence-corrected chi connectivity index (χ2v) is 6.16. The van der Waals surface area contributed by atoms with Gasteiger partial charge in [0.2, 0.25) is 0 Å². The van der Waals surface area contributed by atoms with Gasteiger partial charge in [-0.3, -0.25) is 10.1 Å². The summed E-state index contributed by atoms with van der Waals surface area (Å²) in [5.74, 6) is 0.458. The molecule has 132 valence electrons. The molecule has 0 saturated heterocycles. The molecule has 2 rings (SSSR count). The highest BCUT2D eigenvalue weighted by Gasteiger charge is 2.13. The Kier molecular flexibility index (Phi) is 6.87. The maximum Gasteiger partial charge on any atom is 0.257 e. The van der Waals surface area contributed by atoms with E-state index in [0.29, 0.717) is 39.3 Å². The summed E-state index contributed by atoms with van der Waals surface area (Å²) in [5, 5.41) is 3.28. The first kappa shape index (κ1) is 19.3. The molecule has 1 amide bonds.